The molecule has 7 nitrogen and oxygen atoms in total. The number of carbonyl (C=O) groups is 1. The van der Waals surface area contributed by atoms with Crippen LogP contribution in [0.1, 0.15) is 15.2 Å². The van der Waals surface area contributed by atoms with E-state index in [-0.39, 0.29) is 5.91 Å². The molecule has 0 saturated carbocycles. The fourth-order valence-corrected chi connectivity index (χ4v) is 2.90. The van der Waals surface area contributed by atoms with Gasteiger partial charge in [-0.15, -0.1) is 11.3 Å². The average molecular weight is 302 g/mol. The van der Waals surface area contributed by atoms with Gasteiger partial charge in [0.25, 0.3) is 5.91 Å². The molecular weight excluding hydrogens is 288 g/mol. The molecule has 3 N–H and O–H groups in total. The molecule has 0 aliphatic rings. The van der Waals surface area contributed by atoms with Gasteiger partial charge < -0.3 is 11.1 Å². The summed E-state index contributed by atoms with van der Waals surface area (Å²) in [4.78, 5) is 21.6. The number of nitrogens with one attached hydrogen (secondary N) is 1. The highest BCUT2D eigenvalue weighted by molar-refractivity contribution is 7.21. The van der Waals surface area contributed by atoms with Crippen molar-refractivity contribution in [2.24, 2.45) is 0 Å². The van der Waals surface area contributed by atoms with Crippen molar-refractivity contribution in [1.82, 2.24) is 25.1 Å². The Kier molecular flexibility index (Phi) is 3.53. The summed E-state index contributed by atoms with van der Waals surface area (Å²) in [5.74, 6) is -0.207. The summed E-state index contributed by atoms with van der Waals surface area (Å²) >= 11 is 1.25. The highest BCUT2D eigenvalue weighted by Crippen LogP contribution is 2.30. The number of anilines is 1. The van der Waals surface area contributed by atoms with E-state index in [9.17, 15) is 4.79 Å². The van der Waals surface area contributed by atoms with Crippen LogP contribution in [-0.2, 0) is 6.54 Å². The van der Waals surface area contributed by atoms with E-state index in [1.54, 1.807) is 23.3 Å². The summed E-state index contributed by atoms with van der Waals surface area (Å²) in [5.41, 5.74) is 8.01. The summed E-state index contributed by atoms with van der Waals surface area (Å²) in [7, 11) is 0. The maximum Gasteiger partial charge on any atom is 0.263 e. The van der Waals surface area contributed by atoms with Crippen molar-refractivity contribution in [2.75, 3.05) is 12.3 Å². The quantitative estimate of drug-likeness (QED) is 0.754. The number of thiophene rings is 1. The third kappa shape index (κ3) is 2.70. The summed E-state index contributed by atoms with van der Waals surface area (Å²) in [5, 5.41) is 6.99. The zero-order valence-electron chi connectivity index (χ0n) is 11.4. The van der Waals surface area contributed by atoms with Crippen LogP contribution in [-0.4, -0.2) is 32.2 Å². The van der Waals surface area contributed by atoms with Gasteiger partial charge in [0.15, 0.2) is 0 Å². The normalized spacial score (nSPS) is 10.9. The Morgan fingerprint density at radius 2 is 2.24 bits per heavy atom. The molecule has 0 bridgehead atoms. The lowest BCUT2D eigenvalue weighted by atomic mass is 10.3. The van der Waals surface area contributed by atoms with Gasteiger partial charge in [0.05, 0.1) is 18.4 Å². The van der Waals surface area contributed by atoms with Crippen LogP contribution in [0.3, 0.4) is 0 Å². The fourth-order valence-electron chi connectivity index (χ4n) is 1.97. The maximum atomic E-state index is 12.2. The smallest absolute Gasteiger partial charge is 0.263 e. The van der Waals surface area contributed by atoms with Gasteiger partial charge in [-0.25, -0.2) is 9.97 Å². The minimum absolute atomic E-state index is 0.207. The second-order valence-corrected chi connectivity index (χ2v) is 5.59. The van der Waals surface area contributed by atoms with Crippen LogP contribution in [0.5, 0.6) is 0 Å². The summed E-state index contributed by atoms with van der Waals surface area (Å²) < 4.78 is 1.78. The molecule has 8 heteroatoms. The SMILES string of the molecule is Cc1cnn(CCNC(=O)c2sc3nccnc3c2N)c1. The van der Waals surface area contributed by atoms with Crippen molar-refractivity contribution in [3.63, 3.8) is 0 Å². The van der Waals surface area contributed by atoms with Crippen LogP contribution in [0.2, 0.25) is 0 Å². The third-order valence-electron chi connectivity index (χ3n) is 2.96. The molecule has 0 radical (unpaired) electrons. The van der Waals surface area contributed by atoms with Crippen LogP contribution in [0, 0.1) is 6.92 Å². The van der Waals surface area contributed by atoms with Gasteiger partial charge in [0, 0.05) is 25.1 Å². The van der Waals surface area contributed by atoms with Crippen molar-refractivity contribution < 1.29 is 4.79 Å². The largest absolute Gasteiger partial charge is 0.396 e. The molecule has 0 atom stereocenters. The first-order chi connectivity index (χ1) is 10.1. The first-order valence-corrected chi connectivity index (χ1v) is 7.23. The molecule has 0 fully saturated rings. The molecule has 0 spiro atoms. The first kappa shape index (κ1) is 13.5. The number of amides is 1. The lowest BCUT2D eigenvalue weighted by molar-refractivity contribution is 0.0957. The van der Waals surface area contributed by atoms with Gasteiger partial charge >= 0.3 is 0 Å². The van der Waals surface area contributed by atoms with Gasteiger partial charge in [-0.1, -0.05) is 0 Å². The molecule has 3 aromatic heterocycles. The fraction of sp³-hybridized carbons (Fsp3) is 0.231. The number of carbonyl (C=O) groups excluding carboxylic acids is 1. The Morgan fingerprint density at radius 3 is 2.95 bits per heavy atom. The molecular formula is C13H14N6OS. The Hall–Kier alpha value is -2.48. The molecule has 3 rings (SSSR count). The van der Waals surface area contributed by atoms with Crippen LogP contribution in [0.4, 0.5) is 5.69 Å². The van der Waals surface area contributed by atoms with Gasteiger partial charge in [-0.3, -0.25) is 9.48 Å². The maximum absolute atomic E-state index is 12.2. The van der Waals surface area contributed by atoms with Crippen molar-refractivity contribution in [1.29, 1.82) is 0 Å². The lowest BCUT2D eigenvalue weighted by Gasteiger charge is -2.04. The van der Waals surface area contributed by atoms with E-state index in [1.807, 2.05) is 13.1 Å². The molecule has 0 aliphatic heterocycles. The standard InChI is InChI=1S/C13H14N6OS/c1-8-6-18-19(7-8)5-4-16-12(20)11-9(14)10-13(21-11)17-3-2-15-10/h2-3,6-7H,4-5,14H2,1H3,(H,16,20). The van der Waals surface area contributed by atoms with Crippen LogP contribution < -0.4 is 11.1 Å². The zero-order valence-corrected chi connectivity index (χ0v) is 12.2. The van der Waals surface area contributed by atoms with E-state index in [2.05, 4.69) is 20.4 Å². The predicted octanol–water partition coefficient (Wildman–Crippen LogP) is 1.21. The zero-order chi connectivity index (χ0) is 14.8. The lowest BCUT2D eigenvalue weighted by Crippen LogP contribution is -2.27. The topological polar surface area (TPSA) is 98.7 Å². The van der Waals surface area contributed by atoms with E-state index in [0.717, 1.165) is 5.56 Å². The second kappa shape index (κ2) is 5.49. The average Bonchev–Trinajstić information content (AvgIpc) is 3.03. The van der Waals surface area contributed by atoms with E-state index >= 15 is 0 Å². The molecule has 0 aliphatic carbocycles. The van der Waals surface area contributed by atoms with Crippen LogP contribution in [0.15, 0.2) is 24.8 Å². The van der Waals surface area contributed by atoms with Gasteiger partial charge in [0.1, 0.15) is 15.2 Å². The van der Waals surface area contributed by atoms with Crippen molar-refractivity contribution in [3.05, 3.63) is 35.2 Å². The number of hydrogen-bond acceptors (Lipinski definition) is 6. The third-order valence-corrected chi connectivity index (χ3v) is 4.06. The number of fused-ring (bicyclic) bond motifs is 1. The number of nitrogens with two attached hydrogens (primary N) is 1. The summed E-state index contributed by atoms with van der Waals surface area (Å²) in [6, 6.07) is 0. The molecule has 21 heavy (non-hydrogen) atoms. The number of aryl methyl sites for hydroxylation is 1. The molecule has 108 valence electrons. The minimum Gasteiger partial charge on any atom is -0.396 e. The number of aromatic nitrogens is 4. The minimum atomic E-state index is -0.207. The van der Waals surface area contributed by atoms with Gasteiger partial charge in [-0.2, -0.15) is 5.10 Å². The van der Waals surface area contributed by atoms with Crippen molar-refractivity contribution in [2.45, 2.75) is 13.5 Å². The molecule has 1 amide bonds. The monoisotopic (exact) mass is 302 g/mol. The molecule has 0 saturated heterocycles. The highest BCUT2D eigenvalue weighted by Gasteiger charge is 2.17. The summed E-state index contributed by atoms with van der Waals surface area (Å²) in [6.07, 6.45) is 6.85. The Labute approximate surface area is 124 Å². The van der Waals surface area contributed by atoms with E-state index in [0.29, 0.717) is 34.0 Å². The predicted molar refractivity (Wildman–Crippen MR) is 81.1 cm³/mol. The Balaban J connectivity index is 1.68. The molecule has 0 unspecified atom stereocenters. The van der Waals surface area contributed by atoms with Crippen LogP contribution >= 0.6 is 11.3 Å². The first-order valence-electron chi connectivity index (χ1n) is 6.41. The number of nitrogens with zero attached hydrogens (tertiary/aromatic N) is 4. The van der Waals surface area contributed by atoms with Crippen molar-refractivity contribution >= 4 is 33.3 Å². The Morgan fingerprint density at radius 1 is 1.43 bits per heavy atom. The van der Waals surface area contributed by atoms with E-state index in [1.165, 1.54) is 11.3 Å². The number of nitrogen functional groups attached to an aromatic ring is 1. The molecule has 3 aromatic rings. The highest BCUT2D eigenvalue weighted by atomic mass is 32.1. The Bertz CT molecular complexity index is 793. The second-order valence-electron chi connectivity index (χ2n) is 4.59. The van der Waals surface area contributed by atoms with E-state index in [4.69, 9.17) is 5.73 Å². The van der Waals surface area contributed by atoms with E-state index < -0.39 is 0 Å². The molecule has 0 aromatic carbocycles. The van der Waals surface area contributed by atoms with Gasteiger partial charge in [-0.05, 0) is 12.5 Å². The number of hydrogen-bond donors (Lipinski definition) is 2. The summed E-state index contributed by atoms with van der Waals surface area (Å²) in [6.45, 7) is 3.06. The molecule has 3 heterocycles. The van der Waals surface area contributed by atoms with Crippen molar-refractivity contribution in [3.8, 4) is 0 Å². The van der Waals surface area contributed by atoms with Crippen LogP contribution in [0.25, 0.3) is 10.3 Å². The van der Waals surface area contributed by atoms with Gasteiger partial charge in [0.2, 0.25) is 0 Å². The number of rotatable bonds is 4.